The number of benzene rings is 1. The lowest BCUT2D eigenvalue weighted by molar-refractivity contribution is 0.520. The van der Waals surface area contributed by atoms with Gasteiger partial charge >= 0.3 is 0 Å². The van der Waals surface area contributed by atoms with Gasteiger partial charge in [0.2, 0.25) is 10.0 Å². The van der Waals surface area contributed by atoms with E-state index in [2.05, 4.69) is 15.9 Å². The molecule has 0 amide bonds. The van der Waals surface area contributed by atoms with Crippen LogP contribution in [0.3, 0.4) is 0 Å². The van der Waals surface area contributed by atoms with Crippen LogP contribution in [0, 0.1) is 0 Å². The van der Waals surface area contributed by atoms with Crippen LogP contribution in [-0.2, 0) is 10.0 Å². The fourth-order valence-electron chi connectivity index (χ4n) is 1.93. The second kappa shape index (κ2) is 8.00. The predicted octanol–water partition coefficient (Wildman–Crippen LogP) is 2.94. The van der Waals surface area contributed by atoms with Gasteiger partial charge < -0.3 is 4.90 Å². The van der Waals surface area contributed by atoms with E-state index in [4.69, 9.17) is 0 Å². The number of rotatable bonds is 8. The quantitative estimate of drug-likeness (QED) is 0.527. The maximum absolute atomic E-state index is 12.3. The van der Waals surface area contributed by atoms with E-state index in [0.29, 0.717) is 4.90 Å². The van der Waals surface area contributed by atoms with Crippen LogP contribution in [-0.4, -0.2) is 45.7 Å². The number of unbranched alkanes of at least 4 members (excludes halogenated alkanes) is 2. The zero-order valence-corrected chi connectivity index (χ0v) is 14.7. The maximum atomic E-state index is 12.3. The number of alkyl halides is 1. The molecule has 1 aromatic rings. The molecule has 20 heavy (non-hydrogen) atoms. The molecule has 0 radical (unpaired) electrons. The Bertz CT molecular complexity index is 518. The van der Waals surface area contributed by atoms with E-state index in [1.165, 1.54) is 4.31 Å². The summed E-state index contributed by atoms with van der Waals surface area (Å²) in [4.78, 5) is 2.39. The Morgan fingerprint density at radius 2 is 1.70 bits per heavy atom. The Labute approximate surface area is 130 Å². The highest BCUT2D eigenvalue weighted by atomic mass is 79.9. The van der Waals surface area contributed by atoms with Crippen LogP contribution in [0.4, 0.5) is 5.69 Å². The SMILES string of the molecule is CN(CCCCCBr)c1ccccc1S(=O)(=O)N(C)C. The molecule has 0 saturated carbocycles. The van der Waals surface area contributed by atoms with Crippen molar-refractivity contribution in [2.75, 3.05) is 37.9 Å². The molecule has 0 fully saturated rings. The van der Waals surface area contributed by atoms with Crippen molar-refractivity contribution < 1.29 is 8.42 Å². The first-order chi connectivity index (χ1) is 9.41. The topological polar surface area (TPSA) is 40.6 Å². The van der Waals surface area contributed by atoms with Crippen molar-refractivity contribution >= 4 is 31.6 Å². The number of halogens is 1. The van der Waals surface area contributed by atoms with Crippen LogP contribution >= 0.6 is 15.9 Å². The summed E-state index contributed by atoms with van der Waals surface area (Å²) in [7, 11) is 1.65. The highest BCUT2D eigenvalue weighted by Gasteiger charge is 2.22. The minimum atomic E-state index is -3.40. The minimum absolute atomic E-state index is 0.369. The van der Waals surface area contributed by atoms with Gasteiger partial charge in [-0.3, -0.25) is 0 Å². The van der Waals surface area contributed by atoms with Crippen LogP contribution in [0.15, 0.2) is 29.2 Å². The summed E-state index contributed by atoms with van der Waals surface area (Å²) in [5.74, 6) is 0. The Morgan fingerprint density at radius 1 is 1.05 bits per heavy atom. The Balaban J connectivity index is 2.91. The molecule has 0 N–H and O–H groups in total. The number of hydrogen-bond donors (Lipinski definition) is 0. The van der Waals surface area contributed by atoms with E-state index in [1.807, 2.05) is 24.1 Å². The predicted molar refractivity (Wildman–Crippen MR) is 88.2 cm³/mol. The highest BCUT2D eigenvalue weighted by Crippen LogP contribution is 2.26. The zero-order valence-electron chi connectivity index (χ0n) is 12.3. The van der Waals surface area contributed by atoms with E-state index in [0.717, 1.165) is 36.8 Å². The van der Waals surface area contributed by atoms with Crippen molar-refractivity contribution in [2.24, 2.45) is 0 Å². The summed E-state index contributed by atoms with van der Waals surface area (Å²) in [5, 5.41) is 1.02. The number of nitrogens with zero attached hydrogens (tertiary/aromatic N) is 2. The Morgan fingerprint density at radius 3 is 2.30 bits per heavy atom. The van der Waals surface area contributed by atoms with Crippen molar-refractivity contribution in [3.8, 4) is 0 Å². The van der Waals surface area contributed by atoms with Crippen molar-refractivity contribution in [1.82, 2.24) is 4.31 Å². The van der Waals surface area contributed by atoms with Gasteiger partial charge in [0.15, 0.2) is 0 Å². The summed E-state index contributed by atoms with van der Waals surface area (Å²) in [6, 6.07) is 7.16. The van der Waals surface area contributed by atoms with Crippen LogP contribution in [0.1, 0.15) is 19.3 Å². The molecule has 1 aromatic carbocycles. The van der Waals surface area contributed by atoms with Crippen molar-refractivity contribution in [1.29, 1.82) is 0 Å². The van der Waals surface area contributed by atoms with Gasteiger partial charge in [0.1, 0.15) is 4.90 Å². The molecule has 1 rings (SSSR count). The van der Waals surface area contributed by atoms with Crippen molar-refractivity contribution in [2.45, 2.75) is 24.2 Å². The van der Waals surface area contributed by atoms with Gasteiger partial charge in [0, 0.05) is 33.0 Å². The lowest BCUT2D eigenvalue weighted by Crippen LogP contribution is -2.26. The molecule has 0 aliphatic rings. The number of anilines is 1. The molecular formula is C14H23BrN2O2S. The lowest BCUT2D eigenvalue weighted by atomic mass is 10.2. The van der Waals surface area contributed by atoms with Crippen LogP contribution in [0.2, 0.25) is 0 Å². The van der Waals surface area contributed by atoms with Crippen molar-refractivity contribution in [3.05, 3.63) is 24.3 Å². The molecule has 0 saturated heterocycles. The van der Waals surface area contributed by atoms with E-state index in [1.54, 1.807) is 26.2 Å². The summed E-state index contributed by atoms with van der Waals surface area (Å²) < 4.78 is 25.9. The fourth-order valence-corrected chi connectivity index (χ4v) is 3.46. The average Bonchev–Trinajstić information content (AvgIpc) is 2.43. The highest BCUT2D eigenvalue weighted by molar-refractivity contribution is 9.09. The summed E-state index contributed by atoms with van der Waals surface area (Å²) >= 11 is 3.42. The molecule has 6 heteroatoms. The normalized spacial score (nSPS) is 11.8. The number of sulfonamides is 1. The minimum Gasteiger partial charge on any atom is -0.374 e. The van der Waals surface area contributed by atoms with Crippen molar-refractivity contribution in [3.63, 3.8) is 0 Å². The Hall–Kier alpha value is -0.590. The standard InChI is InChI=1S/C14H23BrN2O2S/c1-16(2)20(18,19)14-10-6-5-9-13(14)17(3)12-8-4-7-11-15/h5-6,9-10H,4,7-8,11-12H2,1-3H3. The molecular weight excluding hydrogens is 340 g/mol. The van der Waals surface area contributed by atoms with E-state index in [9.17, 15) is 8.42 Å². The number of para-hydroxylation sites is 1. The first-order valence-corrected chi connectivity index (χ1v) is 9.26. The van der Waals surface area contributed by atoms with Gasteiger partial charge in [-0.15, -0.1) is 0 Å². The van der Waals surface area contributed by atoms with Gasteiger partial charge in [-0.25, -0.2) is 12.7 Å². The second-order valence-corrected chi connectivity index (χ2v) is 7.84. The third-order valence-electron chi connectivity index (χ3n) is 3.16. The summed E-state index contributed by atoms with van der Waals surface area (Å²) in [5.41, 5.74) is 0.764. The average molecular weight is 363 g/mol. The van der Waals surface area contributed by atoms with Gasteiger partial charge in [-0.05, 0) is 25.0 Å². The third-order valence-corrected chi connectivity index (χ3v) is 5.59. The largest absolute Gasteiger partial charge is 0.374 e. The first kappa shape index (κ1) is 17.5. The first-order valence-electron chi connectivity index (χ1n) is 6.70. The maximum Gasteiger partial charge on any atom is 0.244 e. The van der Waals surface area contributed by atoms with Gasteiger partial charge in [0.05, 0.1) is 5.69 Å². The summed E-state index contributed by atoms with van der Waals surface area (Å²) in [6.07, 6.45) is 3.34. The smallest absolute Gasteiger partial charge is 0.244 e. The molecule has 0 heterocycles. The molecule has 0 aliphatic carbocycles. The van der Waals surface area contributed by atoms with Crippen LogP contribution < -0.4 is 4.90 Å². The molecule has 0 atom stereocenters. The molecule has 114 valence electrons. The van der Waals surface area contributed by atoms with E-state index >= 15 is 0 Å². The molecule has 4 nitrogen and oxygen atoms in total. The van der Waals surface area contributed by atoms with Crippen LogP contribution in [0.5, 0.6) is 0 Å². The van der Waals surface area contributed by atoms with E-state index < -0.39 is 10.0 Å². The van der Waals surface area contributed by atoms with Crippen LogP contribution in [0.25, 0.3) is 0 Å². The number of hydrogen-bond acceptors (Lipinski definition) is 3. The van der Waals surface area contributed by atoms with Gasteiger partial charge in [0.25, 0.3) is 0 Å². The summed E-state index contributed by atoms with van der Waals surface area (Å²) in [6.45, 7) is 0.854. The third kappa shape index (κ3) is 4.46. The van der Waals surface area contributed by atoms with Gasteiger partial charge in [-0.2, -0.15) is 0 Å². The zero-order chi connectivity index (χ0) is 15.2. The second-order valence-electron chi connectivity index (χ2n) is 4.93. The molecule has 0 aliphatic heterocycles. The fraction of sp³-hybridized carbons (Fsp3) is 0.571. The molecule has 0 unspecified atom stereocenters. The molecule has 0 bridgehead atoms. The van der Waals surface area contributed by atoms with Gasteiger partial charge in [-0.1, -0.05) is 34.5 Å². The molecule has 0 aromatic heterocycles. The lowest BCUT2D eigenvalue weighted by Gasteiger charge is -2.23. The molecule has 0 spiro atoms. The monoisotopic (exact) mass is 362 g/mol. The van der Waals surface area contributed by atoms with E-state index in [-0.39, 0.29) is 0 Å². The Kier molecular flexibility index (Phi) is 6.99.